The molecule has 0 aliphatic rings. The highest BCUT2D eigenvalue weighted by Gasteiger charge is 2.20. The first-order chi connectivity index (χ1) is 11.3. The van der Waals surface area contributed by atoms with E-state index in [2.05, 4.69) is 0 Å². The minimum atomic E-state index is -0.574. The van der Waals surface area contributed by atoms with Crippen molar-refractivity contribution in [2.24, 2.45) is 0 Å². The highest BCUT2D eigenvalue weighted by Crippen LogP contribution is 2.37. The first kappa shape index (κ1) is 15.9. The van der Waals surface area contributed by atoms with Crippen LogP contribution in [0.4, 0.5) is 0 Å². The quantitative estimate of drug-likeness (QED) is 0.378. The lowest BCUT2D eigenvalue weighted by atomic mass is 10.0. The Hall–Kier alpha value is -2.95. The third kappa shape index (κ3) is 2.38. The lowest BCUT2D eigenvalue weighted by Gasteiger charge is -2.10. The molecular formula is C19H18O5. The minimum absolute atomic E-state index is 0.000657. The summed E-state index contributed by atoms with van der Waals surface area (Å²) < 4.78 is 5.76. The van der Waals surface area contributed by atoms with Gasteiger partial charge in [-0.2, -0.15) is 0 Å². The van der Waals surface area contributed by atoms with Crippen LogP contribution >= 0.6 is 0 Å². The third-order valence-corrected chi connectivity index (χ3v) is 4.03. The van der Waals surface area contributed by atoms with E-state index in [0.29, 0.717) is 17.5 Å². The van der Waals surface area contributed by atoms with Crippen LogP contribution in [0.1, 0.15) is 25.0 Å². The molecule has 0 aliphatic heterocycles. The molecular weight excluding hydrogens is 308 g/mol. The molecule has 0 unspecified atom stereocenters. The molecule has 0 atom stereocenters. The summed E-state index contributed by atoms with van der Waals surface area (Å²) in [5, 5.41) is 30.3. The molecule has 124 valence electrons. The fourth-order valence-corrected chi connectivity index (χ4v) is 2.73. The van der Waals surface area contributed by atoms with E-state index < -0.39 is 5.43 Å². The van der Waals surface area contributed by atoms with Crippen molar-refractivity contribution < 1.29 is 19.7 Å². The van der Waals surface area contributed by atoms with Gasteiger partial charge < -0.3 is 19.7 Å². The van der Waals surface area contributed by atoms with Crippen molar-refractivity contribution in [1.82, 2.24) is 0 Å². The predicted molar refractivity (Wildman–Crippen MR) is 92.9 cm³/mol. The van der Waals surface area contributed by atoms with Gasteiger partial charge in [0.2, 0.25) is 5.43 Å². The van der Waals surface area contributed by atoms with Crippen molar-refractivity contribution in [3.8, 4) is 17.2 Å². The van der Waals surface area contributed by atoms with Crippen molar-refractivity contribution in [3.05, 3.63) is 51.2 Å². The van der Waals surface area contributed by atoms with Crippen molar-refractivity contribution in [3.63, 3.8) is 0 Å². The lowest BCUT2D eigenvalue weighted by Crippen LogP contribution is -2.05. The number of aryl methyl sites for hydroxylation is 1. The molecule has 0 saturated heterocycles. The summed E-state index contributed by atoms with van der Waals surface area (Å²) in [5.41, 5.74) is 1.78. The second-order valence-corrected chi connectivity index (χ2v) is 6.13. The summed E-state index contributed by atoms with van der Waals surface area (Å²) in [6.45, 7) is 5.52. The van der Waals surface area contributed by atoms with E-state index in [0.717, 1.165) is 5.57 Å². The number of rotatable bonds is 2. The molecule has 0 fully saturated rings. The standard InChI is InChI=1S/C19H18O5/c1-9(2)4-5-11-6-7-12(20)14-17(23)15-13(21)8-10(3)16(22)19(15)24-18(11)14/h4,6-8,20-22H,5H2,1-3H3. The van der Waals surface area contributed by atoms with Gasteiger partial charge in [-0.3, -0.25) is 4.79 Å². The van der Waals surface area contributed by atoms with Crippen molar-refractivity contribution >= 4 is 21.9 Å². The summed E-state index contributed by atoms with van der Waals surface area (Å²) in [7, 11) is 0. The van der Waals surface area contributed by atoms with Crippen molar-refractivity contribution in [2.75, 3.05) is 0 Å². The fourth-order valence-electron chi connectivity index (χ4n) is 2.73. The van der Waals surface area contributed by atoms with Gasteiger partial charge >= 0.3 is 0 Å². The maximum atomic E-state index is 12.8. The van der Waals surface area contributed by atoms with Gasteiger partial charge in [-0.05, 0) is 50.5 Å². The molecule has 0 radical (unpaired) electrons. The Kier molecular flexibility index (Phi) is 3.72. The Balaban J connectivity index is 2.51. The van der Waals surface area contributed by atoms with E-state index in [-0.39, 0.29) is 39.2 Å². The first-order valence-electron chi connectivity index (χ1n) is 7.57. The zero-order valence-electron chi connectivity index (χ0n) is 13.7. The van der Waals surface area contributed by atoms with Gasteiger partial charge in [0.05, 0.1) is 0 Å². The number of phenolic OH excluding ortho intramolecular Hbond substituents is 3. The molecule has 0 bridgehead atoms. The van der Waals surface area contributed by atoms with Crippen LogP contribution < -0.4 is 5.43 Å². The van der Waals surface area contributed by atoms with Crippen molar-refractivity contribution in [2.45, 2.75) is 27.2 Å². The molecule has 3 rings (SSSR count). The second kappa shape index (κ2) is 5.60. The first-order valence-corrected chi connectivity index (χ1v) is 7.57. The molecule has 0 saturated carbocycles. The maximum absolute atomic E-state index is 12.8. The number of benzene rings is 2. The molecule has 5 nitrogen and oxygen atoms in total. The molecule has 5 heteroatoms. The second-order valence-electron chi connectivity index (χ2n) is 6.13. The zero-order valence-corrected chi connectivity index (χ0v) is 13.7. The lowest BCUT2D eigenvalue weighted by molar-refractivity contribution is 0.453. The summed E-state index contributed by atoms with van der Waals surface area (Å²) >= 11 is 0. The molecule has 1 heterocycles. The van der Waals surface area contributed by atoms with Crippen LogP contribution in [-0.2, 0) is 6.42 Å². The minimum Gasteiger partial charge on any atom is -0.507 e. The van der Waals surface area contributed by atoms with E-state index in [1.165, 1.54) is 12.1 Å². The average Bonchev–Trinajstić information content (AvgIpc) is 2.51. The van der Waals surface area contributed by atoms with Gasteiger partial charge in [-0.1, -0.05) is 17.7 Å². The number of phenols is 3. The number of hydrogen-bond donors (Lipinski definition) is 3. The van der Waals surface area contributed by atoms with E-state index in [9.17, 15) is 20.1 Å². The molecule has 0 amide bonds. The predicted octanol–water partition coefficient (Wildman–Crippen LogP) is 3.88. The Morgan fingerprint density at radius 2 is 1.75 bits per heavy atom. The summed E-state index contributed by atoms with van der Waals surface area (Å²) in [6.07, 6.45) is 2.50. The number of hydrogen-bond acceptors (Lipinski definition) is 5. The molecule has 3 aromatic rings. The maximum Gasteiger partial charge on any atom is 0.208 e. The van der Waals surface area contributed by atoms with E-state index >= 15 is 0 Å². The average molecular weight is 326 g/mol. The number of aromatic hydroxyl groups is 3. The monoisotopic (exact) mass is 326 g/mol. The Morgan fingerprint density at radius 3 is 2.42 bits per heavy atom. The highest BCUT2D eigenvalue weighted by molar-refractivity contribution is 5.99. The van der Waals surface area contributed by atoms with Crippen LogP contribution in [0.3, 0.4) is 0 Å². The van der Waals surface area contributed by atoms with Crippen LogP contribution in [0.25, 0.3) is 21.9 Å². The molecule has 1 aromatic heterocycles. The van der Waals surface area contributed by atoms with Crippen LogP contribution in [0.5, 0.6) is 17.2 Å². The van der Waals surface area contributed by atoms with Crippen LogP contribution in [0, 0.1) is 6.92 Å². The fraction of sp³-hybridized carbons (Fsp3) is 0.211. The van der Waals surface area contributed by atoms with Gasteiger partial charge in [0, 0.05) is 0 Å². The van der Waals surface area contributed by atoms with Gasteiger partial charge in [0.1, 0.15) is 27.9 Å². The Labute approximate surface area is 138 Å². The highest BCUT2D eigenvalue weighted by atomic mass is 16.4. The van der Waals surface area contributed by atoms with Crippen molar-refractivity contribution in [1.29, 1.82) is 0 Å². The smallest absolute Gasteiger partial charge is 0.208 e. The third-order valence-electron chi connectivity index (χ3n) is 4.03. The van der Waals surface area contributed by atoms with Crippen LogP contribution in [0.2, 0.25) is 0 Å². The largest absolute Gasteiger partial charge is 0.507 e. The number of allylic oxidation sites excluding steroid dienone is 2. The van der Waals surface area contributed by atoms with Crippen LogP contribution in [0.15, 0.2) is 39.1 Å². The van der Waals surface area contributed by atoms with Gasteiger partial charge in [0.25, 0.3) is 0 Å². The molecule has 24 heavy (non-hydrogen) atoms. The topological polar surface area (TPSA) is 90.9 Å². The van der Waals surface area contributed by atoms with E-state index in [1.54, 1.807) is 13.0 Å². The Bertz CT molecular complexity index is 1050. The number of fused-ring (bicyclic) bond motifs is 2. The summed E-state index contributed by atoms with van der Waals surface area (Å²) in [4.78, 5) is 12.8. The Morgan fingerprint density at radius 1 is 1.08 bits per heavy atom. The normalized spacial score (nSPS) is 11.1. The molecule has 0 aliphatic carbocycles. The summed E-state index contributed by atoms with van der Waals surface area (Å²) in [6, 6.07) is 4.41. The SMILES string of the molecule is CC(C)=CCc1ccc(O)c2c(=O)c3c(O)cc(C)c(O)c3oc12. The molecule has 3 N–H and O–H groups in total. The molecule has 2 aromatic carbocycles. The van der Waals surface area contributed by atoms with Gasteiger partial charge in [-0.15, -0.1) is 0 Å². The van der Waals surface area contributed by atoms with Gasteiger partial charge in [-0.25, -0.2) is 0 Å². The molecule has 0 spiro atoms. The van der Waals surface area contributed by atoms with E-state index in [1.807, 2.05) is 19.9 Å². The van der Waals surface area contributed by atoms with Crippen LogP contribution in [-0.4, -0.2) is 15.3 Å². The van der Waals surface area contributed by atoms with E-state index in [4.69, 9.17) is 4.42 Å². The summed E-state index contributed by atoms with van der Waals surface area (Å²) in [5.74, 6) is -0.704. The zero-order chi connectivity index (χ0) is 17.6. The van der Waals surface area contributed by atoms with Gasteiger partial charge in [0.15, 0.2) is 11.3 Å².